The van der Waals surface area contributed by atoms with Crippen LogP contribution in [0.3, 0.4) is 0 Å². The molecule has 0 unspecified atom stereocenters. The lowest BCUT2D eigenvalue weighted by Gasteiger charge is -2.18. The Labute approximate surface area is 316 Å². The fourth-order valence-electron chi connectivity index (χ4n) is 4.76. The van der Waals surface area contributed by atoms with Crippen LogP contribution in [-0.4, -0.2) is 59.9 Å². The van der Waals surface area contributed by atoms with Crippen molar-refractivity contribution in [1.29, 1.82) is 0 Å². The summed E-state index contributed by atoms with van der Waals surface area (Å²) in [4.78, 5) is 52.3. The molecule has 0 saturated carbocycles. The average Bonchev–Trinajstić information content (AvgIpc) is 3.05. The second-order valence-corrected chi connectivity index (χ2v) is 13.8. The minimum atomic E-state index is -0.581. The second kappa shape index (κ2) is 17.9. The highest BCUT2D eigenvalue weighted by molar-refractivity contribution is 7.99. The zero-order valence-corrected chi connectivity index (χ0v) is 30.6. The molecule has 0 saturated heterocycles. The molecule has 0 aliphatic heterocycles. The Morgan fingerprint density at radius 3 is 1.31 bits per heavy atom. The van der Waals surface area contributed by atoms with Gasteiger partial charge in [-0.3, -0.25) is 19.2 Å². The topological polar surface area (TPSA) is 133 Å². The molecule has 0 aliphatic carbocycles. The number of Topliss-reactive ketones (excluding diaryl/α,β-unsaturated/α-hetero) is 2. The third-order valence-corrected chi connectivity index (χ3v) is 10.2. The Morgan fingerprint density at radius 2 is 0.959 bits per heavy atom. The van der Waals surface area contributed by atoms with Crippen LogP contribution in [0.1, 0.15) is 33.6 Å². The largest absolute Gasteiger partial charge is 0.395 e. The molecule has 0 radical (unpaired) electrons. The van der Waals surface area contributed by atoms with Crippen molar-refractivity contribution in [3.05, 3.63) is 102 Å². The van der Waals surface area contributed by atoms with E-state index in [0.717, 1.165) is 11.8 Å². The number of aliphatic hydroxyl groups is 2. The Morgan fingerprint density at radius 1 is 0.571 bits per heavy atom. The highest BCUT2D eigenvalue weighted by Gasteiger charge is 2.26. The summed E-state index contributed by atoms with van der Waals surface area (Å²) in [6, 6.07) is 15.6. The number of benzene rings is 4. The van der Waals surface area contributed by atoms with Gasteiger partial charge in [-0.1, -0.05) is 93.5 Å². The van der Waals surface area contributed by atoms with Gasteiger partial charge in [-0.2, -0.15) is 0 Å². The third-order valence-electron chi connectivity index (χ3n) is 6.94. The summed E-state index contributed by atoms with van der Waals surface area (Å²) in [6.07, 6.45) is -1.02. The van der Waals surface area contributed by atoms with Crippen LogP contribution in [-0.2, 0) is 9.59 Å². The van der Waals surface area contributed by atoms with Gasteiger partial charge in [-0.15, -0.1) is 0 Å². The average molecular weight is 803 g/mol. The number of carbonyl (C=O) groups excluding carboxylic acids is 4. The quantitative estimate of drug-likeness (QED) is 0.0743. The molecule has 15 heteroatoms. The predicted molar refractivity (Wildman–Crippen MR) is 196 cm³/mol. The van der Waals surface area contributed by atoms with Gasteiger partial charge in [-0.05, 0) is 48.5 Å². The fraction of sp³-hybridized carbons (Fsp3) is 0.176. The normalized spacial score (nSPS) is 10.9. The van der Waals surface area contributed by atoms with Gasteiger partial charge in [0.05, 0.1) is 36.1 Å². The van der Waals surface area contributed by atoms with Crippen molar-refractivity contribution in [3.8, 4) is 22.3 Å². The molecule has 0 bridgehead atoms. The minimum Gasteiger partial charge on any atom is -0.395 e. The Bertz CT molecular complexity index is 1800. The molecule has 4 N–H and O–H groups in total. The van der Waals surface area contributed by atoms with E-state index in [1.54, 1.807) is 36.4 Å². The number of hydrogen-bond acceptors (Lipinski definition) is 7. The van der Waals surface area contributed by atoms with E-state index in [2.05, 4.69) is 10.6 Å². The summed E-state index contributed by atoms with van der Waals surface area (Å²) >= 11 is 40.6. The van der Waals surface area contributed by atoms with E-state index in [9.17, 15) is 19.2 Å². The van der Waals surface area contributed by atoms with Crippen molar-refractivity contribution >= 4 is 105 Å². The molecule has 4 aromatic carbocycles. The molecule has 2 amide bonds. The van der Waals surface area contributed by atoms with Gasteiger partial charge in [-0.25, -0.2) is 0 Å². The zero-order chi connectivity index (χ0) is 35.8. The van der Waals surface area contributed by atoms with Crippen LogP contribution >= 0.6 is 81.4 Å². The molecule has 0 fully saturated rings. The molecule has 0 heterocycles. The standard InChI is InChI=1S/C34H26Cl6N2O6S/c35-17-1-3-19(23(37)13-17)31-21(25(45)15-29(47)41-9-11-43)5-7-27(33(31)39)49-28-8-6-22(26(46)16-30(48)42-10-12-44)32(34(28)40)20-4-2-18(36)14-24(20)38/h1-8,13-14,43-44H,9-12,15-16H2,(H,41,47)(H,42,48). The van der Waals surface area contributed by atoms with Gasteiger partial charge in [0.15, 0.2) is 11.6 Å². The number of halogens is 6. The van der Waals surface area contributed by atoms with Crippen molar-refractivity contribution in [3.63, 3.8) is 0 Å². The van der Waals surface area contributed by atoms with Crippen molar-refractivity contribution in [2.75, 3.05) is 26.3 Å². The number of ketones is 2. The molecule has 8 nitrogen and oxygen atoms in total. The van der Waals surface area contributed by atoms with Gasteiger partial charge in [0, 0.05) is 76.4 Å². The number of nitrogens with one attached hydrogen (secondary N) is 2. The van der Waals surface area contributed by atoms with E-state index in [0.29, 0.717) is 31.0 Å². The number of hydrogen-bond donors (Lipinski definition) is 4. The minimum absolute atomic E-state index is 0.0103. The molecule has 49 heavy (non-hydrogen) atoms. The van der Waals surface area contributed by atoms with E-state index in [1.165, 1.54) is 24.3 Å². The smallest absolute Gasteiger partial charge is 0.227 e. The van der Waals surface area contributed by atoms with Gasteiger partial charge >= 0.3 is 0 Å². The molecule has 0 spiro atoms. The second-order valence-electron chi connectivity index (χ2n) is 10.3. The van der Waals surface area contributed by atoms with Crippen molar-refractivity contribution in [2.45, 2.75) is 22.6 Å². The summed E-state index contributed by atoms with van der Waals surface area (Å²) in [5.74, 6) is -2.25. The van der Waals surface area contributed by atoms with Crippen molar-refractivity contribution in [2.24, 2.45) is 0 Å². The lowest BCUT2D eigenvalue weighted by atomic mass is 9.95. The van der Waals surface area contributed by atoms with Crippen molar-refractivity contribution in [1.82, 2.24) is 10.6 Å². The number of amides is 2. The summed E-state index contributed by atoms with van der Waals surface area (Å²) in [5, 5.41) is 24.3. The van der Waals surface area contributed by atoms with Crippen molar-refractivity contribution < 1.29 is 29.4 Å². The van der Waals surface area contributed by atoms with E-state index >= 15 is 0 Å². The molecule has 0 aromatic heterocycles. The molecule has 0 aliphatic rings. The third kappa shape index (κ3) is 9.70. The first-order valence-corrected chi connectivity index (χ1v) is 17.5. The first-order valence-electron chi connectivity index (χ1n) is 14.4. The predicted octanol–water partition coefficient (Wildman–Crippen LogP) is 8.45. The maximum Gasteiger partial charge on any atom is 0.227 e. The first kappa shape index (κ1) is 39.0. The first-order chi connectivity index (χ1) is 23.4. The van der Waals surface area contributed by atoms with Crippen LogP contribution in [0.15, 0.2) is 70.5 Å². The van der Waals surface area contributed by atoms with Crippen LogP contribution in [0.25, 0.3) is 22.3 Å². The summed E-state index contributed by atoms with van der Waals surface area (Å²) in [7, 11) is 0. The van der Waals surface area contributed by atoms with Gasteiger partial charge in [0.25, 0.3) is 0 Å². The maximum atomic E-state index is 13.4. The highest BCUT2D eigenvalue weighted by Crippen LogP contribution is 2.48. The van der Waals surface area contributed by atoms with Crippen LogP contribution in [0, 0.1) is 0 Å². The summed E-state index contributed by atoms with van der Waals surface area (Å²) in [6.45, 7) is -0.590. The van der Waals surface area contributed by atoms with Gasteiger partial charge < -0.3 is 20.8 Å². The molecule has 4 aromatic rings. The van der Waals surface area contributed by atoms with Crippen LogP contribution in [0.5, 0.6) is 0 Å². The molecular formula is C34H26Cl6N2O6S. The van der Waals surface area contributed by atoms with Crippen LogP contribution in [0.4, 0.5) is 0 Å². The van der Waals surface area contributed by atoms with Crippen LogP contribution in [0.2, 0.25) is 30.1 Å². The molecular weight excluding hydrogens is 777 g/mol. The van der Waals surface area contributed by atoms with Crippen LogP contribution < -0.4 is 10.6 Å². The highest BCUT2D eigenvalue weighted by atomic mass is 35.5. The van der Waals surface area contributed by atoms with E-state index in [1.807, 2.05) is 0 Å². The van der Waals surface area contributed by atoms with E-state index in [-0.39, 0.29) is 68.6 Å². The molecule has 0 atom stereocenters. The Balaban J connectivity index is 1.84. The lowest BCUT2D eigenvalue weighted by molar-refractivity contribution is -0.121. The number of rotatable bonds is 14. The monoisotopic (exact) mass is 800 g/mol. The zero-order valence-electron chi connectivity index (χ0n) is 25.2. The lowest BCUT2D eigenvalue weighted by Crippen LogP contribution is -2.28. The molecule has 256 valence electrons. The Kier molecular flexibility index (Phi) is 14.2. The van der Waals surface area contributed by atoms with E-state index in [4.69, 9.17) is 79.8 Å². The maximum absolute atomic E-state index is 13.4. The van der Waals surface area contributed by atoms with Gasteiger partial charge in [0.1, 0.15) is 0 Å². The fourth-order valence-corrected chi connectivity index (χ4v) is 7.43. The Hall–Kier alpha value is -2.83. The SMILES string of the molecule is O=C(CC(=O)c1ccc(Sc2ccc(C(=O)CC(=O)NCCO)c(-c3ccc(Cl)cc3Cl)c2Cl)c(Cl)c1-c1ccc(Cl)cc1Cl)NCCO. The van der Waals surface area contributed by atoms with Gasteiger partial charge in [0.2, 0.25) is 11.8 Å². The summed E-state index contributed by atoms with van der Waals surface area (Å²) < 4.78 is 0. The summed E-state index contributed by atoms with van der Waals surface area (Å²) in [5.41, 5.74) is 1.53. The number of carbonyl (C=O) groups is 4. The molecule has 4 rings (SSSR count). The number of aliphatic hydroxyl groups excluding tert-OH is 2. The van der Waals surface area contributed by atoms with E-state index < -0.39 is 36.2 Å².